The van der Waals surface area contributed by atoms with E-state index in [0.29, 0.717) is 31.3 Å². The van der Waals surface area contributed by atoms with E-state index in [1.807, 2.05) is 26.6 Å². The number of hydrogen-bond donors (Lipinski definition) is 0. The standard InChI is InChI=1S/C19H24N4O3S/c24-17(11-14-5-10-27-13-14)23-8-3-15(4-9-23)19-21-20-16(26-19)12-18(25)22-6-1-2-7-22/h5,10,13,15H,1-4,6-9,11-12H2. The van der Waals surface area contributed by atoms with E-state index in [0.717, 1.165) is 44.3 Å². The zero-order chi connectivity index (χ0) is 18.6. The first kappa shape index (κ1) is 18.2. The molecule has 27 heavy (non-hydrogen) atoms. The lowest BCUT2D eigenvalue weighted by molar-refractivity contribution is -0.132. The molecule has 0 unspecified atom stereocenters. The Hall–Kier alpha value is -2.22. The van der Waals surface area contributed by atoms with Crippen LogP contribution >= 0.6 is 11.3 Å². The van der Waals surface area contributed by atoms with Crippen molar-refractivity contribution < 1.29 is 14.0 Å². The number of thiophene rings is 1. The molecule has 0 spiro atoms. The van der Waals surface area contributed by atoms with Crippen LogP contribution in [0.4, 0.5) is 0 Å². The normalized spacial score (nSPS) is 18.2. The van der Waals surface area contributed by atoms with Crippen molar-refractivity contribution in [1.29, 1.82) is 0 Å². The minimum Gasteiger partial charge on any atom is -0.424 e. The van der Waals surface area contributed by atoms with E-state index in [1.54, 1.807) is 11.3 Å². The van der Waals surface area contributed by atoms with Gasteiger partial charge in [0.25, 0.3) is 0 Å². The number of rotatable bonds is 5. The predicted octanol–water partition coefficient (Wildman–Crippen LogP) is 2.24. The fraction of sp³-hybridized carbons (Fsp3) is 0.579. The fourth-order valence-corrected chi connectivity index (χ4v) is 4.43. The van der Waals surface area contributed by atoms with Crippen LogP contribution in [0.5, 0.6) is 0 Å². The summed E-state index contributed by atoms with van der Waals surface area (Å²) < 4.78 is 5.76. The third kappa shape index (κ3) is 4.37. The highest BCUT2D eigenvalue weighted by molar-refractivity contribution is 7.08. The second kappa shape index (κ2) is 8.21. The molecule has 2 fully saturated rings. The van der Waals surface area contributed by atoms with Gasteiger partial charge in [0, 0.05) is 32.1 Å². The monoisotopic (exact) mass is 388 g/mol. The molecule has 2 aromatic rings. The van der Waals surface area contributed by atoms with Crippen LogP contribution in [-0.4, -0.2) is 58.0 Å². The van der Waals surface area contributed by atoms with Gasteiger partial charge in [0.2, 0.25) is 23.6 Å². The Morgan fingerprint density at radius 1 is 1.04 bits per heavy atom. The van der Waals surface area contributed by atoms with Gasteiger partial charge in [-0.3, -0.25) is 9.59 Å². The zero-order valence-corrected chi connectivity index (χ0v) is 16.1. The molecule has 2 saturated heterocycles. The number of nitrogens with zero attached hydrogens (tertiary/aromatic N) is 4. The van der Waals surface area contributed by atoms with Crippen LogP contribution in [0.15, 0.2) is 21.2 Å². The van der Waals surface area contributed by atoms with Crippen molar-refractivity contribution in [3.63, 3.8) is 0 Å². The quantitative estimate of drug-likeness (QED) is 0.785. The number of piperidine rings is 1. The highest BCUT2D eigenvalue weighted by Gasteiger charge is 2.28. The van der Waals surface area contributed by atoms with Gasteiger partial charge in [-0.25, -0.2) is 0 Å². The average molecular weight is 388 g/mol. The molecule has 8 heteroatoms. The summed E-state index contributed by atoms with van der Waals surface area (Å²) in [6.45, 7) is 3.07. The summed E-state index contributed by atoms with van der Waals surface area (Å²) >= 11 is 1.61. The summed E-state index contributed by atoms with van der Waals surface area (Å²) in [5, 5.41) is 12.2. The second-order valence-electron chi connectivity index (χ2n) is 7.26. The van der Waals surface area contributed by atoms with Gasteiger partial charge in [-0.15, -0.1) is 10.2 Å². The molecular weight excluding hydrogens is 364 g/mol. The van der Waals surface area contributed by atoms with Gasteiger partial charge in [0.1, 0.15) is 6.42 Å². The summed E-state index contributed by atoms with van der Waals surface area (Å²) in [6, 6.07) is 2.00. The largest absolute Gasteiger partial charge is 0.424 e. The van der Waals surface area contributed by atoms with E-state index in [9.17, 15) is 9.59 Å². The summed E-state index contributed by atoms with van der Waals surface area (Å²) in [5.74, 6) is 1.41. The summed E-state index contributed by atoms with van der Waals surface area (Å²) in [7, 11) is 0. The maximum atomic E-state index is 12.4. The number of carbonyl (C=O) groups is 2. The zero-order valence-electron chi connectivity index (χ0n) is 15.3. The molecule has 144 valence electrons. The molecule has 7 nitrogen and oxygen atoms in total. The Kier molecular flexibility index (Phi) is 5.52. The Morgan fingerprint density at radius 2 is 1.74 bits per heavy atom. The van der Waals surface area contributed by atoms with Crippen LogP contribution in [0, 0.1) is 0 Å². The molecule has 0 atom stereocenters. The van der Waals surface area contributed by atoms with Gasteiger partial charge in [0.15, 0.2) is 0 Å². The van der Waals surface area contributed by atoms with Crippen molar-refractivity contribution in [3.8, 4) is 0 Å². The van der Waals surface area contributed by atoms with Gasteiger partial charge in [-0.05, 0) is 48.1 Å². The molecule has 0 radical (unpaired) electrons. The molecule has 2 aliphatic rings. The van der Waals surface area contributed by atoms with Crippen molar-refractivity contribution in [1.82, 2.24) is 20.0 Å². The Bertz CT molecular complexity index is 775. The molecule has 4 rings (SSSR count). The predicted molar refractivity (Wildman–Crippen MR) is 100 cm³/mol. The first-order valence-electron chi connectivity index (χ1n) is 9.58. The molecule has 0 aromatic carbocycles. The molecule has 0 bridgehead atoms. The van der Waals surface area contributed by atoms with Crippen LogP contribution in [0.3, 0.4) is 0 Å². The lowest BCUT2D eigenvalue weighted by Crippen LogP contribution is -2.38. The van der Waals surface area contributed by atoms with Gasteiger partial charge in [0.05, 0.1) is 6.42 Å². The Labute approximate surface area is 162 Å². The molecule has 0 N–H and O–H groups in total. The lowest BCUT2D eigenvalue weighted by atomic mass is 9.96. The van der Waals surface area contributed by atoms with E-state index in [4.69, 9.17) is 4.42 Å². The minimum atomic E-state index is 0.0662. The maximum absolute atomic E-state index is 12.4. The van der Waals surface area contributed by atoms with Crippen molar-refractivity contribution in [2.24, 2.45) is 0 Å². The third-order valence-corrected chi connectivity index (χ3v) is 6.11. The third-order valence-electron chi connectivity index (χ3n) is 5.38. The van der Waals surface area contributed by atoms with Gasteiger partial charge < -0.3 is 14.2 Å². The highest BCUT2D eigenvalue weighted by Crippen LogP contribution is 2.27. The number of aromatic nitrogens is 2. The molecule has 0 aliphatic carbocycles. The molecule has 2 aliphatic heterocycles. The number of carbonyl (C=O) groups excluding carboxylic acids is 2. The summed E-state index contributed by atoms with van der Waals surface area (Å²) in [4.78, 5) is 28.4. The van der Waals surface area contributed by atoms with E-state index < -0.39 is 0 Å². The van der Waals surface area contributed by atoms with E-state index in [1.165, 1.54) is 0 Å². The maximum Gasteiger partial charge on any atom is 0.231 e. The molecule has 2 aromatic heterocycles. The first-order chi connectivity index (χ1) is 13.2. The van der Waals surface area contributed by atoms with Crippen LogP contribution in [-0.2, 0) is 22.4 Å². The smallest absolute Gasteiger partial charge is 0.231 e. The lowest BCUT2D eigenvalue weighted by Gasteiger charge is -2.30. The molecule has 0 saturated carbocycles. The minimum absolute atomic E-state index is 0.0662. The summed E-state index contributed by atoms with van der Waals surface area (Å²) in [5.41, 5.74) is 1.08. The van der Waals surface area contributed by atoms with Crippen molar-refractivity contribution in [3.05, 3.63) is 34.2 Å². The average Bonchev–Trinajstić information content (AvgIpc) is 3.44. The number of hydrogen-bond acceptors (Lipinski definition) is 6. The Morgan fingerprint density at radius 3 is 2.44 bits per heavy atom. The van der Waals surface area contributed by atoms with Crippen molar-refractivity contribution >= 4 is 23.2 Å². The topological polar surface area (TPSA) is 79.5 Å². The van der Waals surface area contributed by atoms with Gasteiger partial charge >= 0.3 is 0 Å². The van der Waals surface area contributed by atoms with Crippen LogP contribution in [0.25, 0.3) is 0 Å². The van der Waals surface area contributed by atoms with Crippen molar-refractivity contribution in [2.45, 2.75) is 44.4 Å². The number of amides is 2. The number of likely N-dealkylation sites (tertiary alicyclic amines) is 2. The van der Waals surface area contributed by atoms with E-state index >= 15 is 0 Å². The fourth-order valence-electron chi connectivity index (χ4n) is 3.77. The Balaban J connectivity index is 1.27. The van der Waals surface area contributed by atoms with E-state index in [2.05, 4.69) is 10.2 Å². The summed E-state index contributed by atoms with van der Waals surface area (Å²) in [6.07, 6.45) is 4.44. The SMILES string of the molecule is O=C(Cc1ccsc1)N1CCC(c2nnc(CC(=O)N3CCCC3)o2)CC1. The van der Waals surface area contributed by atoms with Crippen molar-refractivity contribution in [2.75, 3.05) is 26.2 Å². The van der Waals surface area contributed by atoms with Crippen LogP contribution in [0.1, 0.15) is 48.9 Å². The van der Waals surface area contributed by atoms with Gasteiger partial charge in [-0.1, -0.05) is 0 Å². The first-order valence-corrected chi connectivity index (χ1v) is 10.5. The molecule has 2 amide bonds. The van der Waals surface area contributed by atoms with Gasteiger partial charge in [-0.2, -0.15) is 11.3 Å². The highest BCUT2D eigenvalue weighted by atomic mass is 32.1. The van der Waals surface area contributed by atoms with Crippen LogP contribution < -0.4 is 0 Å². The van der Waals surface area contributed by atoms with Crippen LogP contribution in [0.2, 0.25) is 0 Å². The second-order valence-corrected chi connectivity index (χ2v) is 8.04. The molecule has 4 heterocycles. The molecular formula is C19H24N4O3S. The van der Waals surface area contributed by atoms with E-state index in [-0.39, 0.29) is 24.2 Å².